The molecule has 0 saturated carbocycles. The number of aromatic nitrogens is 2. The SMILES string of the molecule is CCOC(=O)CN(CC)S(=O)(=O)c1c(N)ncn1C. The third-order valence-corrected chi connectivity index (χ3v) is 4.51. The van der Waals surface area contributed by atoms with Gasteiger partial charge in [0, 0.05) is 13.6 Å². The zero-order valence-corrected chi connectivity index (χ0v) is 12.0. The van der Waals surface area contributed by atoms with Gasteiger partial charge >= 0.3 is 5.97 Å². The predicted molar refractivity (Wildman–Crippen MR) is 68.7 cm³/mol. The summed E-state index contributed by atoms with van der Waals surface area (Å²) in [5.41, 5.74) is 5.56. The largest absolute Gasteiger partial charge is 0.465 e. The number of carbonyl (C=O) groups is 1. The van der Waals surface area contributed by atoms with Crippen LogP contribution in [-0.2, 0) is 26.6 Å². The summed E-state index contributed by atoms with van der Waals surface area (Å²) < 4.78 is 31.8. The van der Waals surface area contributed by atoms with Gasteiger partial charge in [0.1, 0.15) is 6.54 Å². The van der Waals surface area contributed by atoms with Crippen molar-refractivity contribution in [3.8, 4) is 0 Å². The van der Waals surface area contributed by atoms with Crippen LogP contribution in [0, 0.1) is 0 Å². The van der Waals surface area contributed by atoms with Gasteiger partial charge in [0.05, 0.1) is 12.9 Å². The monoisotopic (exact) mass is 290 g/mol. The summed E-state index contributed by atoms with van der Waals surface area (Å²) in [6.07, 6.45) is 1.31. The second-order valence-corrected chi connectivity index (χ2v) is 5.64. The molecule has 0 unspecified atom stereocenters. The summed E-state index contributed by atoms with van der Waals surface area (Å²) in [7, 11) is -2.35. The molecule has 0 aliphatic carbocycles. The zero-order chi connectivity index (χ0) is 14.6. The fourth-order valence-electron chi connectivity index (χ4n) is 1.59. The molecule has 8 nitrogen and oxygen atoms in total. The fraction of sp³-hybridized carbons (Fsp3) is 0.600. The van der Waals surface area contributed by atoms with Crippen LogP contribution in [-0.4, -0.2) is 47.9 Å². The number of nitrogens with two attached hydrogens (primary N) is 1. The van der Waals surface area contributed by atoms with Crippen molar-refractivity contribution in [3.63, 3.8) is 0 Å². The number of likely N-dealkylation sites (N-methyl/N-ethyl adjacent to an activating group) is 1. The van der Waals surface area contributed by atoms with E-state index in [9.17, 15) is 13.2 Å². The fourth-order valence-corrected chi connectivity index (χ4v) is 3.18. The Kier molecular flexibility index (Phi) is 4.90. The highest BCUT2D eigenvalue weighted by Crippen LogP contribution is 2.20. The molecule has 0 aliphatic heterocycles. The standard InChI is InChI=1S/C10H18N4O4S/c1-4-14(6-8(15)18-5-2)19(16,17)10-9(11)12-7-13(10)3/h7H,4-6,11H2,1-3H3. The van der Waals surface area contributed by atoms with E-state index in [-0.39, 0.29) is 30.5 Å². The minimum atomic E-state index is -3.87. The Morgan fingerprint density at radius 2 is 2.16 bits per heavy atom. The van der Waals surface area contributed by atoms with Crippen LogP contribution in [0.3, 0.4) is 0 Å². The maximum absolute atomic E-state index is 12.4. The molecule has 9 heteroatoms. The number of carbonyl (C=O) groups excluding carboxylic acids is 1. The molecule has 0 saturated heterocycles. The molecule has 108 valence electrons. The van der Waals surface area contributed by atoms with Gasteiger partial charge in [0.2, 0.25) is 0 Å². The summed E-state index contributed by atoms with van der Waals surface area (Å²) in [6.45, 7) is 3.26. The number of rotatable bonds is 6. The molecule has 1 aromatic heterocycles. The van der Waals surface area contributed by atoms with Crippen LogP contribution in [0.2, 0.25) is 0 Å². The molecule has 0 aromatic carbocycles. The summed E-state index contributed by atoms with van der Waals surface area (Å²) in [6, 6.07) is 0. The molecular weight excluding hydrogens is 272 g/mol. The van der Waals surface area contributed by atoms with Crippen molar-refractivity contribution in [2.24, 2.45) is 7.05 Å². The van der Waals surface area contributed by atoms with Crippen molar-refractivity contribution in [2.75, 3.05) is 25.4 Å². The van der Waals surface area contributed by atoms with Crippen molar-refractivity contribution in [3.05, 3.63) is 6.33 Å². The molecule has 2 N–H and O–H groups in total. The van der Waals surface area contributed by atoms with Gasteiger partial charge in [-0.3, -0.25) is 4.79 Å². The quantitative estimate of drug-likeness (QED) is 0.713. The van der Waals surface area contributed by atoms with Crippen LogP contribution in [0.5, 0.6) is 0 Å². The van der Waals surface area contributed by atoms with Crippen LogP contribution >= 0.6 is 0 Å². The second kappa shape index (κ2) is 6.02. The molecule has 0 bridgehead atoms. The van der Waals surface area contributed by atoms with Crippen LogP contribution in [0.4, 0.5) is 5.82 Å². The van der Waals surface area contributed by atoms with Crippen LogP contribution < -0.4 is 5.73 Å². The Hall–Kier alpha value is -1.61. The number of anilines is 1. The third kappa shape index (κ3) is 3.24. The second-order valence-electron chi connectivity index (χ2n) is 3.78. The first-order valence-electron chi connectivity index (χ1n) is 5.77. The average molecular weight is 290 g/mol. The Labute approximate surface area is 112 Å². The highest BCUT2D eigenvalue weighted by atomic mass is 32.2. The predicted octanol–water partition coefficient (Wildman–Crippen LogP) is -0.424. The van der Waals surface area contributed by atoms with E-state index in [4.69, 9.17) is 10.5 Å². The van der Waals surface area contributed by atoms with Gasteiger partial charge in [-0.1, -0.05) is 6.92 Å². The molecule has 0 spiro atoms. The topological polar surface area (TPSA) is 108 Å². The lowest BCUT2D eigenvalue weighted by molar-refractivity contribution is -0.143. The van der Waals surface area contributed by atoms with Gasteiger partial charge in [-0.25, -0.2) is 13.4 Å². The van der Waals surface area contributed by atoms with Crippen molar-refractivity contribution >= 4 is 21.8 Å². The minimum absolute atomic E-state index is 0.0928. The maximum atomic E-state index is 12.4. The molecule has 0 amide bonds. The number of nitrogens with zero attached hydrogens (tertiary/aromatic N) is 3. The van der Waals surface area contributed by atoms with E-state index >= 15 is 0 Å². The smallest absolute Gasteiger partial charge is 0.321 e. The highest BCUT2D eigenvalue weighted by Gasteiger charge is 2.30. The minimum Gasteiger partial charge on any atom is -0.465 e. The normalized spacial score (nSPS) is 11.8. The van der Waals surface area contributed by atoms with Crippen molar-refractivity contribution in [1.29, 1.82) is 0 Å². The molecule has 0 radical (unpaired) electrons. The molecule has 0 atom stereocenters. The van der Waals surface area contributed by atoms with Gasteiger partial charge in [0.15, 0.2) is 10.8 Å². The van der Waals surface area contributed by atoms with Crippen molar-refractivity contribution < 1.29 is 17.9 Å². The van der Waals surface area contributed by atoms with Gasteiger partial charge < -0.3 is 15.0 Å². The summed E-state index contributed by atoms with van der Waals surface area (Å²) in [5, 5.41) is -0.126. The number of esters is 1. The lowest BCUT2D eigenvalue weighted by Gasteiger charge is -2.19. The number of hydrogen-bond acceptors (Lipinski definition) is 6. The summed E-state index contributed by atoms with van der Waals surface area (Å²) in [4.78, 5) is 15.1. The van der Waals surface area contributed by atoms with Gasteiger partial charge in [-0.05, 0) is 6.92 Å². The van der Waals surface area contributed by atoms with E-state index in [1.54, 1.807) is 13.8 Å². The van der Waals surface area contributed by atoms with Gasteiger partial charge in [0.25, 0.3) is 10.0 Å². The third-order valence-electron chi connectivity index (χ3n) is 2.46. The Bertz CT molecular complexity index is 532. The van der Waals surface area contributed by atoms with E-state index in [0.717, 1.165) is 4.31 Å². The van der Waals surface area contributed by atoms with E-state index in [1.807, 2.05) is 0 Å². The molecule has 1 heterocycles. The number of ether oxygens (including phenoxy) is 1. The van der Waals surface area contributed by atoms with E-state index in [0.29, 0.717) is 0 Å². The van der Waals surface area contributed by atoms with Crippen molar-refractivity contribution in [1.82, 2.24) is 13.9 Å². The number of hydrogen-bond donors (Lipinski definition) is 1. The first-order valence-corrected chi connectivity index (χ1v) is 7.21. The van der Waals surface area contributed by atoms with Crippen LogP contribution in [0.15, 0.2) is 11.4 Å². The van der Waals surface area contributed by atoms with Crippen LogP contribution in [0.1, 0.15) is 13.8 Å². The number of aryl methyl sites for hydroxylation is 1. The van der Waals surface area contributed by atoms with E-state index in [2.05, 4.69) is 4.98 Å². The van der Waals surface area contributed by atoms with E-state index < -0.39 is 16.0 Å². The average Bonchev–Trinajstić information content (AvgIpc) is 2.66. The molecule has 0 fully saturated rings. The summed E-state index contributed by atoms with van der Waals surface area (Å²) >= 11 is 0. The summed E-state index contributed by atoms with van der Waals surface area (Å²) in [5.74, 6) is -0.696. The van der Waals surface area contributed by atoms with Crippen LogP contribution in [0.25, 0.3) is 0 Å². The lowest BCUT2D eigenvalue weighted by Crippen LogP contribution is -2.37. The Morgan fingerprint density at radius 3 is 2.58 bits per heavy atom. The highest BCUT2D eigenvalue weighted by molar-refractivity contribution is 7.89. The maximum Gasteiger partial charge on any atom is 0.321 e. The Balaban J connectivity index is 3.06. The molecule has 1 aromatic rings. The molecular formula is C10H18N4O4S. The first kappa shape index (κ1) is 15.4. The van der Waals surface area contributed by atoms with Crippen molar-refractivity contribution in [2.45, 2.75) is 18.9 Å². The van der Waals surface area contributed by atoms with E-state index in [1.165, 1.54) is 17.9 Å². The number of nitrogen functional groups attached to an aromatic ring is 1. The lowest BCUT2D eigenvalue weighted by atomic mass is 10.6. The molecule has 0 aliphatic rings. The van der Waals surface area contributed by atoms with Gasteiger partial charge in [-0.2, -0.15) is 4.31 Å². The molecule has 19 heavy (non-hydrogen) atoms. The number of sulfonamides is 1. The Morgan fingerprint density at radius 1 is 1.53 bits per heavy atom. The zero-order valence-electron chi connectivity index (χ0n) is 11.2. The number of imidazole rings is 1. The van der Waals surface area contributed by atoms with Gasteiger partial charge in [-0.15, -0.1) is 0 Å². The molecule has 1 rings (SSSR count). The first-order chi connectivity index (χ1) is 8.84.